The molecule has 0 saturated carbocycles. The number of nitrogens with one attached hydrogen (secondary N) is 2. The number of unbranched alkanes of at least 4 members (excludes halogenated alkanes) is 1. The van der Waals surface area contributed by atoms with Crippen LogP contribution in [0.5, 0.6) is 0 Å². The Bertz CT molecular complexity index is 992. The third-order valence-corrected chi connectivity index (χ3v) is 4.16. The van der Waals surface area contributed by atoms with E-state index in [1.165, 1.54) is 16.8 Å². The van der Waals surface area contributed by atoms with E-state index in [2.05, 4.69) is 27.3 Å². The number of fused-ring (bicyclic) bond motifs is 1. The fraction of sp³-hybridized carbons (Fsp3) is 0.368. The summed E-state index contributed by atoms with van der Waals surface area (Å²) in [4.78, 5) is 32.1. The van der Waals surface area contributed by atoms with Crippen molar-refractivity contribution >= 4 is 22.6 Å². The molecule has 3 rings (SSSR count). The molecule has 2 heterocycles. The smallest absolute Gasteiger partial charge is 0.276 e. The van der Waals surface area contributed by atoms with E-state index in [1.807, 2.05) is 12.1 Å². The molecule has 0 bridgehead atoms. The zero-order valence-electron chi connectivity index (χ0n) is 15.5. The first kappa shape index (κ1) is 18.8. The second-order valence-electron chi connectivity index (χ2n) is 6.25. The highest BCUT2D eigenvalue weighted by molar-refractivity contribution is 6.03. The number of methoxy groups -OCH3 is 1. The van der Waals surface area contributed by atoms with Gasteiger partial charge in [-0.25, -0.2) is 9.67 Å². The van der Waals surface area contributed by atoms with Gasteiger partial charge in [0.15, 0.2) is 0 Å². The number of aromatic nitrogens is 4. The molecule has 0 aliphatic heterocycles. The fourth-order valence-corrected chi connectivity index (χ4v) is 2.71. The molecule has 2 N–H and O–H groups in total. The van der Waals surface area contributed by atoms with E-state index in [9.17, 15) is 9.59 Å². The molecule has 0 saturated heterocycles. The summed E-state index contributed by atoms with van der Waals surface area (Å²) in [5.74, 6) is 0.563. The minimum absolute atomic E-state index is 0.166. The molecular formula is C19H23N5O3. The van der Waals surface area contributed by atoms with Gasteiger partial charge in [0.2, 0.25) is 0 Å². The molecule has 0 spiro atoms. The predicted octanol–water partition coefficient (Wildman–Crippen LogP) is 2.36. The maximum atomic E-state index is 12.5. The second-order valence-corrected chi connectivity index (χ2v) is 6.25. The third-order valence-electron chi connectivity index (χ3n) is 4.16. The van der Waals surface area contributed by atoms with Crippen molar-refractivity contribution in [3.05, 3.63) is 52.2 Å². The van der Waals surface area contributed by atoms with E-state index < -0.39 is 0 Å². The highest BCUT2D eigenvalue weighted by Crippen LogP contribution is 2.18. The summed E-state index contributed by atoms with van der Waals surface area (Å²) >= 11 is 0. The Balaban J connectivity index is 1.76. The Labute approximate surface area is 156 Å². The molecule has 0 fully saturated rings. The standard InChI is InChI=1S/C19H23N5O3/c1-3-4-5-17-21-14-7-6-13(12-16(14)22-17)20-19(26)15-8-9-18(25)24(23-15)10-11-27-2/h6-9,12H,3-5,10-11H2,1-2H3,(H,20,26)(H,21,22). The molecule has 27 heavy (non-hydrogen) atoms. The van der Waals surface area contributed by atoms with E-state index >= 15 is 0 Å². The van der Waals surface area contributed by atoms with E-state index in [-0.39, 0.29) is 23.7 Å². The molecule has 0 aliphatic carbocycles. The van der Waals surface area contributed by atoms with Gasteiger partial charge in [0.1, 0.15) is 11.5 Å². The summed E-state index contributed by atoms with van der Waals surface area (Å²) in [6.07, 6.45) is 3.09. The summed E-state index contributed by atoms with van der Waals surface area (Å²) in [5, 5.41) is 6.91. The van der Waals surface area contributed by atoms with Crippen LogP contribution in [0.3, 0.4) is 0 Å². The van der Waals surface area contributed by atoms with Crippen LogP contribution in [0.1, 0.15) is 36.1 Å². The highest BCUT2D eigenvalue weighted by Gasteiger charge is 2.11. The monoisotopic (exact) mass is 369 g/mol. The lowest BCUT2D eigenvalue weighted by atomic mass is 10.2. The molecule has 2 aromatic heterocycles. The lowest BCUT2D eigenvalue weighted by Crippen LogP contribution is -2.27. The van der Waals surface area contributed by atoms with E-state index in [1.54, 1.807) is 13.2 Å². The summed E-state index contributed by atoms with van der Waals surface area (Å²) in [7, 11) is 1.54. The molecular weight excluding hydrogens is 346 g/mol. The predicted molar refractivity (Wildman–Crippen MR) is 103 cm³/mol. The van der Waals surface area contributed by atoms with Gasteiger partial charge in [0.05, 0.1) is 24.2 Å². The lowest BCUT2D eigenvalue weighted by molar-refractivity contribution is 0.101. The van der Waals surface area contributed by atoms with Crippen LogP contribution in [0, 0.1) is 0 Å². The maximum Gasteiger partial charge on any atom is 0.276 e. The first-order valence-corrected chi connectivity index (χ1v) is 8.98. The van der Waals surface area contributed by atoms with Crippen LogP contribution in [0.15, 0.2) is 35.1 Å². The number of nitrogens with zero attached hydrogens (tertiary/aromatic N) is 3. The summed E-state index contributed by atoms with van der Waals surface area (Å²) in [6.45, 7) is 2.77. The van der Waals surface area contributed by atoms with Crippen LogP contribution in [-0.2, 0) is 17.7 Å². The van der Waals surface area contributed by atoms with Crippen molar-refractivity contribution in [2.75, 3.05) is 19.0 Å². The van der Waals surface area contributed by atoms with Gasteiger partial charge in [-0.2, -0.15) is 5.10 Å². The number of anilines is 1. The highest BCUT2D eigenvalue weighted by atomic mass is 16.5. The van der Waals surface area contributed by atoms with Crippen LogP contribution in [0.4, 0.5) is 5.69 Å². The van der Waals surface area contributed by atoms with Gasteiger partial charge in [-0.15, -0.1) is 0 Å². The van der Waals surface area contributed by atoms with Crippen molar-refractivity contribution < 1.29 is 9.53 Å². The quantitative estimate of drug-likeness (QED) is 0.635. The third kappa shape index (κ3) is 4.59. The number of amides is 1. The Morgan fingerprint density at radius 2 is 2.15 bits per heavy atom. The molecule has 8 nitrogen and oxygen atoms in total. The molecule has 1 amide bonds. The van der Waals surface area contributed by atoms with Gasteiger partial charge in [-0.05, 0) is 30.7 Å². The molecule has 8 heteroatoms. The van der Waals surface area contributed by atoms with Gasteiger partial charge in [0.25, 0.3) is 11.5 Å². The SMILES string of the molecule is CCCCc1nc2ccc(NC(=O)c3ccc(=O)n(CCOC)n3)cc2[nH]1. The lowest BCUT2D eigenvalue weighted by Gasteiger charge is -2.07. The van der Waals surface area contributed by atoms with Crippen LogP contribution < -0.4 is 10.9 Å². The van der Waals surface area contributed by atoms with Crippen LogP contribution in [-0.4, -0.2) is 39.4 Å². The zero-order chi connectivity index (χ0) is 19.2. The maximum absolute atomic E-state index is 12.5. The Morgan fingerprint density at radius 1 is 1.30 bits per heavy atom. The van der Waals surface area contributed by atoms with E-state index in [0.29, 0.717) is 12.3 Å². The minimum Gasteiger partial charge on any atom is -0.383 e. The topological polar surface area (TPSA) is 102 Å². The molecule has 0 aliphatic rings. The molecule has 0 atom stereocenters. The first-order valence-electron chi connectivity index (χ1n) is 8.98. The number of imidazole rings is 1. The molecule has 1 aromatic carbocycles. The largest absolute Gasteiger partial charge is 0.383 e. The number of aromatic amines is 1. The van der Waals surface area contributed by atoms with Crippen molar-refractivity contribution in [2.24, 2.45) is 0 Å². The second kappa shape index (κ2) is 8.59. The van der Waals surface area contributed by atoms with Gasteiger partial charge in [0, 0.05) is 25.3 Å². The van der Waals surface area contributed by atoms with Crippen molar-refractivity contribution in [1.29, 1.82) is 0 Å². The van der Waals surface area contributed by atoms with E-state index in [4.69, 9.17) is 4.74 Å². The Morgan fingerprint density at radius 3 is 2.93 bits per heavy atom. The number of hydrogen-bond acceptors (Lipinski definition) is 5. The van der Waals surface area contributed by atoms with Crippen molar-refractivity contribution in [1.82, 2.24) is 19.7 Å². The summed E-state index contributed by atoms with van der Waals surface area (Å²) < 4.78 is 6.17. The number of aryl methyl sites for hydroxylation is 1. The average molecular weight is 369 g/mol. The molecule has 0 radical (unpaired) electrons. The summed E-state index contributed by atoms with van der Waals surface area (Å²) in [6, 6.07) is 8.25. The van der Waals surface area contributed by atoms with Crippen molar-refractivity contribution in [3.63, 3.8) is 0 Å². The summed E-state index contributed by atoms with van der Waals surface area (Å²) in [5.41, 5.74) is 2.26. The minimum atomic E-state index is -0.383. The van der Waals surface area contributed by atoms with Gasteiger partial charge in [-0.1, -0.05) is 13.3 Å². The normalized spacial score (nSPS) is 11.0. The molecule has 3 aromatic rings. The number of H-pyrrole nitrogens is 1. The number of ether oxygens (including phenoxy) is 1. The zero-order valence-corrected chi connectivity index (χ0v) is 15.5. The van der Waals surface area contributed by atoms with Crippen molar-refractivity contribution in [3.8, 4) is 0 Å². The number of benzene rings is 1. The number of carbonyl (C=O) groups excluding carboxylic acids is 1. The van der Waals surface area contributed by atoms with Crippen LogP contribution >= 0.6 is 0 Å². The molecule has 142 valence electrons. The van der Waals surface area contributed by atoms with Crippen LogP contribution in [0.2, 0.25) is 0 Å². The van der Waals surface area contributed by atoms with E-state index in [0.717, 1.165) is 36.1 Å². The van der Waals surface area contributed by atoms with Gasteiger partial charge >= 0.3 is 0 Å². The Hall–Kier alpha value is -3.00. The molecule has 0 unspecified atom stereocenters. The number of hydrogen-bond donors (Lipinski definition) is 2. The number of rotatable bonds is 8. The first-order chi connectivity index (χ1) is 13.1. The Kier molecular flexibility index (Phi) is 5.97. The number of carbonyl (C=O) groups is 1. The van der Waals surface area contributed by atoms with Gasteiger partial charge in [-0.3, -0.25) is 9.59 Å². The van der Waals surface area contributed by atoms with Crippen molar-refractivity contribution in [2.45, 2.75) is 32.7 Å². The fourth-order valence-electron chi connectivity index (χ4n) is 2.71. The average Bonchev–Trinajstić information content (AvgIpc) is 3.07. The van der Waals surface area contributed by atoms with Crippen LogP contribution in [0.25, 0.3) is 11.0 Å². The van der Waals surface area contributed by atoms with Gasteiger partial charge < -0.3 is 15.0 Å².